The predicted molar refractivity (Wildman–Crippen MR) is 56.3 cm³/mol. The molecule has 0 radical (unpaired) electrons. The van der Waals surface area contributed by atoms with Crippen LogP contribution >= 0.6 is 11.8 Å². The summed E-state index contributed by atoms with van der Waals surface area (Å²) < 4.78 is 0. The second-order valence-electron chi connectivity index (χ2n) is 3.82. The van der Waals surface area contributed by atoms with Crippen LogP contribution in [0.1, 0.15) is 12.8 Å². The predicted octanol–water partition coefficient (Wildman–Crippen LogP) is 3.12. The van der Waals surface area contributed by atoms with E-state index in [1.807, 2.05) is 0 Å². The van der Waals surface area contributed by atoms with Crippen molar-refractivity contribution in [3.8, 4) is 0 Å². The van der Waals surface area contributed by atoms with E-state index < -0.39 is 0 Å². The van der Waals surface area contributed by atoms with E-state index in [-0.39, 0.29) is 0 Å². The lowest BCUT2D eigenvalue weighted by molar-refractivity contribution is 0.471. The van der Waals surface area contributed by atoms with Gasteiger partial charge in [0, 0.05) is 5.25 Å². The van der Waals surface area contributed by atoms with Gasteiger partial charge in [0.15, 0.2) is 0 Å². The molecule has 0 N–H and O–H groups in total. The van der Waals surface area contributed by atoms with E-state index in [1.54, 1.807) is 0 Å². The second-order valence-corrected chi connectivity index (χ2v) is 5.11. The number of fused-ring (bicyclic) bond motifs is 1. The highest BCUT2D eigenvalue weighted by atomic mass is 32.2. The maximum Gasteiger partial charge on any atom is 0.0144 e. The minimum atomic E-state index is 0.755. The van der Waals surface area contributed by atoms with E-state index in [2.05, 4.69) is 37.1 Å². The lowest BCUT2D eigenvalue weighted by Crippen LogP contribution is -2.12. The van der Waals surface area contributed by atoms with Gasteiger partial charge in [0.1, 0.15) is 0 Å². The van der Waals surface area contributed by atoms with Gasteiger partial charge in [-0.15, -0.1) is 13.2 Å². The van der Waals surface area contributed by atoms with Gasteiger partial charge in [0.05, 0.1) is 0 Å². The minimum Gasteiger partial charge on any atom is -0.158 e. The molecule has 0 aromatic carbocycles. The summed E-state index contributed by atoms with van der Waals surface area (Å²) in [5.41, 5.74) is 0. The van der Waals surface area contributed by atoms with Crippen molar-refractivity contribution in [3.05, 3.63) is 25.3 Å². The van der Waals surface area contributed by atoms with E-state index >= 15 is 0 Å². The first-order chi connectivity index (χ1) is 5.86. The third-order valence-electron chi connectivity index (χ3n) is 3.31. The summed E-state index contributed by atoms with van der Waals surface area (Å²) in [6.07, 6.45) is 7.01. The van der Waals surface area contributed by atoms with E-state index in [9.17, 15) is 0 Å². The average molecular weight is 180 g/mol. The normalized spacial score (nSPS) is 45.7. The Morgan fingerprint density at radius 1 is 1.17 bits per heavy atom. The van der Waals surface area contributed by atoms with Gasteiger partial charge in [0.25, 0.3) is 0 Å². The molecule has 2 rings (SSSR count). The third-order valence-corrected chi connectivity index (χ3v) is 4.86. The molecule has 66 valence electrons. The lowest BCUT2D eigenvalue weighted by Gasteiger charge is -2.13. The smallest absolute Gasteiger partial charge is 0.0144 e. The number of hydrogen-bond donors (Lipinski definition) is 0. The fraction of sp³-hybridized carbons (Fsp3) is 0.636. The Morgan fingerprint density at radius 2 is 1.92 bits per heavy atom. The number of allylic oxidation sites excluding steroid dienone is 2. The van der Waals surface area contributed by atoms with Crippen molar-refractivity contribution in [1.29, 1.82) is 0 Å². The van der Waals surface area contributed by atoms with Crippen molar-refractivity contribution in [2.24, 2.45) is 17.8 Å². The number of rotatable bonds is 2. The lowest BCUT2D eigenvalue weighted by atomic mass is 9.94. The molecule has 0 nitrogen and oxygen atoms in total. The number of thioether (sulfide) groups is 1. The largest absolute Gasteiger partial charge is 0.158 e. The molecule has 1 heterocycles. The van der Waals surface area contributed by atoms with Gasteiger partial charge >= 0.3 is 0 Å². The quantitative estimate of drug-likeness (QED) is 0.588. The van der Waals surface area contributed by atoms with Gasteiger partial charge < -0.3 is 0 Å². The molecular weight excluding hydrogens is 164 g/mol. The van der Waals surface area contributed by atoms with Crippen molar-refractivity contribution in [1.82, 2.24) is 0 Å². The van der Waals surface area contributed by atoms with Crippen LogP contribution in [0.25, 0.3) is 0 Å². The molecule has 2 aliphatic rings. The van der Waals surface area contributed by atoms with Crippen LogP contribution in [0.5, 0.6) is 0 Å². The zero-order chi connectivity index (χ0) is 8.55. The molecule has 1 saturated heterocycles. The van der Waals surface area contributed by atoms with E-state index in [1.165, 1.54) is 18.6 Å². The molecule has 0 spiro atoms. The summed E-state index contributed by atoms with van der Waals surface area (Å²) >= 11 is 2.15. The highest BCUT2D eigenvalue weighted by molar-refractivity contribution is 8.00. The van der Waals surface area contributed by atoms with Crippen molar-refractivity contribution in [3.63, 3.8) is 0 Å². The van der Waals surface area contributed by atoms with Crippen LogP contribution in [0, 0.1) is 17.8 Å². The average Bonchev–Trinajstić information content (AvgIpc) is 2.63. The summed E-state index contributed by atoms with van der Waals surface area (Å²) in [7, 11) is 0. The molecular formula is C11H16S. The molecule has 0 aromatic heterocycles. The molecule has 1 aliphatic carbocycles. The van der Waals surface area contributed by atoms with Crippen LogP contribution < -0.4 is 0 Å². The van der Waals surface area contributed by atoms with Crippen LogP contribution in [0.2, 0.25) is 0 Å². The van der Waals surface area contributed by atoms with Crippen molar-refractivity contribution in [2.75, 3.05) is 5.75 Å². The molecule has 4 atom stereocenters. The Labute approximate surface area is 79.1 Å². The van der Waals surface area contributed by atoms with Crippen LogP contribution in [-0.2, 0) is 0 Å². The van der Waals surface area contributed by atoms with E-state index in [0.29, 0.717) is 0 Å². The summed E-state index contributed by atoms with van der Waals surface area (Å²) in [4.78, 5) is 0. The highest BCUT2D eigenvalue weighted by Gasteiger charge is 2.43. The Kier molecular flexibility index (Phi) is 2.31. The maximum absolute atomic E-state index is 3.93. The first kappa shape index (κ1) is 8.43. The molecule has 1 heteroatoms. The SMILES string of the molecule is C=CC1CC(C=C)C2SCCC12. The minimum absolute atomic E-state index is 0.755. The van der Waals surface area contributed by atoms with Crippen LogP contribution in [-0.4, -0.2) is 11.0 Å². The zero-order valence-electron chi connectivity index (χ0n) is 7.41. The fourth-order valence-corrected chi connectivity index (χ4v) is 4.39. The highest BCUT2D eigenvalue weighted by Crippen LogP contribution is 2.50. The van der Waals surface area contributed by atoms with E-state index in [0.717, 1.165) is 23.0 Å². The molecule has 0 amide bonds. The van der Waals surface area contributed by atoms with Gasteiger partial charge in [-0.25, -0.2) is 0 Å². The zero-order valence-corrected chi connectivity index (χ0v) is 8.22. The third kappa shape index (κ3) is 1.15. The summed E-state index contributed by atoms with van der Waals surface area (Å²) in [5, 5.41) is 0.866. The molecule has 2 fully saturated rings. The van der Waals surface area contributed by atoms with Gasteiger partial charge in [-0.05, 0) is 36.3 Å². The van der Waals surface area contributed by atoms with Crippen molar-refractivity contribution >= 4 is 11.8 Å². The standard InChI is InChI=1S/C11H16S/c1-3-8-7-9(4-2)11-10(8)5-6-12-11/h3-4,8-11H,1-2,5-7H2. The Morgan fingerprint density at radius 3 is 2.58 bits per heavy atom. The maximum atomic E-state index is 3.93. The molecule has 1 aliphatic heterocycles. The van der Waals surface area contributed by atoms with Gasteiger partial charge in [-0.1, -0.05) is 12.2 Å². The number of hydrogen-bond acceptors (Lipinski definition) is 1. The summed E-state index contributed by atoms with van der Waals surface area (Å²) in [6.45, 7) is 7.85. The molecule has 0 bridgehead atoms. The molecule has 12 heavy (non-hydrogen) atoms. The topological polar surface area (TPSA) is 0 Å². The summed E-state index contributed by atoms with van der Waals surface area (Å²) in [6, 6.07) is 0. The fourth-order valence-electron chi connectivity index (χ4n) is 2.65. The first-order valence-electron chi connectivity index (χ1n) is 4.73. The monoisotopic (exact) mass is 180 g/mol. The van der Waals surface area contributed by atoms with Gasteiger partial charge in [-0.3, -0.25) is 0 Å². The van der Waals surface area contributed by atoms with Crippen molar-refractivity contribution < 1.29 is 0 Å². The van der Waals surface area contributed by atoms with Crippen molar-refractivity contribution in [2.45, 2.75) is 18.1 Å². The van der Waals surface area contributed by atoms with Gasteiger partial charge in [-0.2, -0.15) is 11.8 Å². The molecule has 0 aromatic rings. The van der Waals surface area contributed by atoms with Crippen LogP contribution in [0.4, 0.5) is 0 Å². The van der Waals surface area contributed by atoms with E-state index in [4.69, 9.17) is 0 Å². The van der Waals surface area contributed by atoms with Crippen LogP contribution in [0.3, 0.4) is 0 Å². The molecule has 4 unspecified atom stereocenters. The Balaban J connectivity index is 2.15. The Bertz CT molecular complexity index is 177. The Hall–Kier alpha value is -0.170. The summed E-state index contributed by atoms with van der Waals surface area (Å²) in [5.74, 6) is 3.79. The molecule has 1 saturated carbocycles. The first-order valence-corrected chi connectivity index (χ1v) is 5.78. The second kappa shape index (κ2) is 3.29. The van der Waals surface area contributed by atoms with Crippen LogP contribution in [0.15, 0.2) is 25.3 Å². The van der Waals surface area contributed by atoms with Gasteiger partial charge in [0.2, 0.25) is 0 Å².